The molecular formula is C20H23N3O4S2. The Morgan fingerprint density at radius 1 is 1.21 bits per heavy atom. The summed E-state index contributed by atoms with van der Waals surface area (Å²) in [5.41, 5.74) is 1.05. The van der Waals surface area contributed by atoms with Crippen molar-refractivity contribution in [2.24, 2.45) is 0 Å². The minimum absolute atomic E-state index is 0.145. The van der Waals surface area contributed by atoms with Gasteiger partial charge >= 0.3 is 0 Å². The molecule has 0 fully saturated rings. The fourth-order valence-electron chi connectivity index (χ4n) is 2.64. The molecule has 3 aromatic rings. The third kappa shape index (κ3) is 4.42. The number of thiazole rings is 1. The van der Waals surface area contributed by atoms with Gasteiger partial charge in [0, 0.05) is 18.7 Å². The van der Waals surface area contributed by atoms with Crippen molar-refractivity contribution in [1.82, 2.24) is 9.29 Å². The zero-order valence-corrected chi connectivity index (χ0v) is 18.3. The number of ether oxygens (including phenoxy) is 1. The minimum Gasteiger partial charge on any atom is -0.492 e. The van der Waals surface area contributed by atoms with E-state index in [9.17, 15) is 13.2 Å². The summed E-state index contributed by atoms with van der Waals surface area (Å²) >= 11 is 1.35. The Hall–Kier alpha value is -2.49. The molecule has 3 rings (SSSR count). The van der Waals surface area contributed by atoms with Gasteiger partial charge in [-0.2, -0.15) is 4.31 Å². The number of sulfonamides is 1. The van der Waals surface area contributed by atoms with Gasteiger partial charge < -0.3 is 4.74 Å². The number of amides is 1. The number of hydrogen-bond donors (Lipinski definition) is 1. The second kappa shape index (κ2) is 8.48. The molecule has 1 amide bonds. The molecule has 29 heavy (non-hydrogen) atoms. The van der Waals surface area contributed by atoms with E-state index in [1.165, 1.54) is 47.0 Å². The van der Waals surface area contributed by atoms with Crippen LogP contribution in [-0.4, -0.2) is 43.3 Å². The third-order valence-electron chi connectivity index (χ3n) is 4.42. The van der Waals surface area contributed by atoms with Crippen LogP contribution in [0.4, 0.5) is 5.13 Å². The zero-order chi connectivity index (χ0) is 21.2. The number of nitrogens with zero attached hydrogens (tertiary/aromatic N) is 2. The van der Waals surface area contributed by atoms with Crippen LogP contribution in [0.1, 0.15) is 31.1 Å². The number of aromatic nitrogens is 1. The topological polar surface area (TPSA) is 88.6 Å². The van der Waals surface area contributed by atoms with Gasteiger partial charge in [-0.3, -0.25) is 10.1 Å². The number of hydrogen-bond acceptors (Lipinski definition) is 6. The average molecular weight is 434 g/mol. The number of anilines is 1. The maximum Gasteiger partial charge on any atom is 0.257 e. The SMILES string of the molecule is CCOc1cccc2sc(NC(=O)c3ccc(S(=O)(=O)N(C)C(C)C)cc3)nc12. The Bertz CT molecular complexity index is 1120. The molecule has 2 aromatic carbocycles. The van der Waals surface area contributed by atoms with Crippen molar-refractivity contribution in [3.8, 4) is 5.75 Å². The molecule has 9 heteroatoms. The van der Waals surface area contributed by atoms with Gasteiger partial charge in [0.2, 0.25) is 10.0 Å². The molecule has 0 unspecified atom stereocenters. The summed E-state index contributed by atoms with van der Waals surface area (Å²) in [7, 11) is -2.06. The molecule has 1 N–H and O–H groups in total. The molecule has 154 valence electrons. The van der Waals surface area contributed by atoms with Gasteiger partial charge in [-0.1, -0.05) is 17.4 Å². The molecule has 0 bridgehead atoms. The monoisotopic (exact) mass is 433 g/mol. The van der Waals surface area contributed by atoms with Crippen molar-refractivity contribution in [3.63, 3.8) is 0 Å². The second-order valence-electron chi connectivity index (χ2n) is 6.65. The maximum atomic E-state index is 12.6. The summed E-state index contributed by atoms with van der Waals surface area (Å²) in [6.45, 7) is 6.03. The standard InChI is InChI=1S/C20H23N3O4S2/c1-5-27-16-7-6-8-17-18(16)21-20(28-17)22-19(24)14-9-11-15(12-10-14)29(25,26)23(4)13(2)3/h6-13H,5H2,1-4H3,(H,21,22,24). The van der Waals surface area contributed by atoms with E-state index in [4.69, 9.17) is 4.74 Å². The lowest BCUT2D eigenvalue weighted by atomic mass is 10.2. The highest BCUT2D eigenvalue weighted by atomic mass is 32.2. The van der Waals surface area contributed by atoms with Crippen LogP contribution in [0.3, 0.4) is 0 Å². The number of benzene rings is 2. The molecule has 1 heterocycles. The molecule has 0 aliphatic rings. The molecule has 0 aliphatic carbocycles. The summed E-state index contributed by atoms with van der Waals surface area (Å²) in [5, 5.41) is 3.22. The van der Waals surface area contributed by atoms with Crippen LogP contribution in [0.5, 0.6) is 5.75 Å². The van der Waals surface area contributed by atoms with Crippen LogP contribution in [-0.2, 0) is 10.0 Å². The largest absolute Gasteiger partial charge is 0.492 e. The number of nitrogens with one attached hydrogen (secondary N) is 1. The molecule has 1 aromatic heterocycles. The highest BCUT2D eigenvalue weighted by Gasteiger charge is 2.23. The summed E-state index contributed by atoms with van der Waals surface area (Å²) in [6, 6.07) is 11.3. The molecule has 0 radical (unpaired) electrons. The van der Waals surface area contributed by atoms with Crippen LogP contribution >= 0.6 is 11.3 Å². The van der Waals surface area contributed by atoms with Gasteiger partial charge in [0.15, 0.2) is 5.13 Å². The van der Waals surface area contributed by atoms with Crippen LogP contribution in [0.25, 0.3) is 10.2 Å². The Morgan fingerprint density at radius 3 is 2.52 bits per heavy atom. The highest BCUT2D eigenvalue weighted by Crippen LogP contribution is 2.32. The summed E-state index contributed by atoms with van der Waals surface area (Å²) < 4.78 is 32.8. The van der Waals surface area contributed by atoms with Gasteiger partial charge in [0.25, 0.3) is 5.91 Å². The molecule has 0 saturated heterocycles. The Balaban J connectivity index is 1.80. The Morgan fingerprint density at radius 2 is 1.90 bits per heavy atom. The van der Waals surface area contributed by atoms with Crippen LogP contribution < -0.4 is 10.1 Å². The van der Waals surface area contributed by atoms with Gasteiger partial charge in [-0.15, -0.1) is 0 Å². The van der Waals surface area contributed by atoms with E-state index in [0.717, 1.165) is 4.70 Å². The molecule has 0 spiro atoms. The molecule has 7 nitrogen and oxygen atoms in total. The predicted molar refractivity (Wildman–Crippen MR) is 115 cm³/mol. The second-order valence-corrected chi connectivity index (χ2v) is 9.68. The van der Waals surface area contributed by atoms with Crippen LogP contribution in [0.2, 0.25) is 0 Å². The van der Waals surface area contributed by atoms with E-state index in [0.29, 0.717) is 28.6 Å². The lowest BCUT2D eigenvalue weighted by Crippen LogP contribution is -2.33. The van der Waals surface area contributed by atoms with Gasteiger partial charge in [-0.05, 0) is 57.2 Å². The lowest BCUT2D eigenvalue weighted by Gasteiger charge is -2.20. The summed E-state index contributed by atoms with van der Waals surface area (Å²) in [4.78, 5) is 17.2. The first kappa shape index (κ1) is 21.2. The van der Waals surface area contributed by atoms with Gasteiger partial charge in [0.05, 0.1) is 16.2 Å². The Kier molecular flexibility index (Phi) is 6.21. The van der Waals surface area contributed by atoms with E-state index < -0.39 is 10.0 Å². The number of rotatable bonds is 7. The molecular weight excluding hydrogens is 410 g/mol. The first-order valence-electron chi connectivity index (χ1n) is 9.16. The fraction of sp³-hybridized carbons (Fsp3) is 0.300. The number of carbonyl (C=O) groups excluding carboxylic acids is 1. The van der Waals surface area contributed by atoms with Gasteiger partial charge in [-0.25, -0.2) is 13.4 Å². The molecule has 0 aliphatic heterocycles. The van der Waals surface area contributed by atoms with E-state index in [-0.39, 0.29) is 16.8 Å². The number of carbonyl (C=O) groups is 1. The Labute approximate surface area is 174 Å². The van der Waals surface area contributed by atoms with Crippen molar-refractivity contribution in [2.75, 3.05) is 19.0 Å². The van der Waals surface area contributed by atoms with Crippen molar-refractivity contribution < 1.29 is 17.9 Å². The van der Waals surface area contributed by atoms with Crippen LogP contribution in [0.15, 0.2) is 47.4 Å². The maximum absolute atomic E-state index is 12.6. The smallest absolute Gasteiger partial charge is 0.257 e. The highest BCUT2D eigenvalue weighted by molar-refractivity contribution is 7.89. The van der Waals surface area contributed by atoms with E-state index in [1.54, 1.807) is 13.8 Å². The predicted octanol–water partition coefficient (Wildman–Crippen LogP) is 3.98. The van der Waals surface area contributed by atoms with Gasteiger partial charge in [0.1, 0.15) is 11.3 Å². The summed E-state index contributed by atoms with van der Waals surface area (Å²) in [5.74, 6) is 0.314. The molecule has 0 saturated carbocycles. The van der Waals surface area contributed by atoms with Crippen molar-refractivity contribution in [1.29, 1.82) is 0 Å². The lowest BCUT2D eigenvalue weighted by molar-refractivity contribution is 0.102. The molecule has 0 atom stereocenters. The normalized spacial score (nSPS) is 11.9. The first-order chi connectivity index (χ1) is 13.7. The van der Waals surface area contributed by atoms with Crippen molar-refractivity contribution in [3.05, 3.63) is 48.0 Å². The quantitative estimate of drug-likeness (QED) is 0.609. The van der Waals surface area contributed by atoms with E-state index in [2.05, 4.69) is 10.3 Å². The first-order valence-corrected chi connectivity index (χ1v) is 11.4. The summed E-state index contributed by atoms with van der Waals surface area (Å²) in [6.07, 6.45) is 0. The number of fused-ring (bicyclic) bond motifs is 1. The zero-order valence-electron chi connectivity index (χ0n) is 16.7. The van der Waals surface area contributed by atoms with Crippen molar-refractivity contribution >= 4 is 42.6 Å². The minimum atomic E-state index is -3.59. The fourth-order valence-corrected chi connectivity index (χ4v) is 4.89. The van der Waals surface area contributed by atoms with E-state index in [1.807, 2.05) is 25.1 Å². The number of para-hydroxylation sites is 1. The van der Waals surface area contributed by atoms with E-state index >= 15 is 0 Å². The average Bonchev–Trinajstić information content (AvgIpc) is 3.11. The van der Waals surface area contributed by atoms with Crippen molar-refractivity contribution in [2.45, 2.75) is 31.7 Å². The van der Waals surface area contributed by atoms with Crippen LogP contribution in [0, 0.1) is 0 Å². The third-order valence-corrected chi connectivity index (χ3v) is 7.41.